The number of nitro benzene ring substituents is 1. The molecule has 0 spiro atoms. The highest BCUT2D eigenvalue weighted by Crippen LogP contribution is 2.28. The van der Waals surface area contributed by atoms with Crippen LogP contribution in [-0.4, -0.2) is 21.8 Å². The van der Waals surface area contributed by atoms with Gasteiger partial charge in [0.05, 0.1) is 4.92 Å². The molecule has 0 radical (unpaired) electrons. The van der Waals surface area contributed by atoms with Crippen molar-refractivity contribution in [2.45, 2.75) is 9.79 Å². The molecule has 0 aliphatic carbocycles. The van der Waals surface area contributed by atoms with Crippen molar-refractivity contribution in [1.82, 2.24) is 0 Å². The van der Waals surface area contributed by atoms with Gasteiger partial charge in [0.1, 0.15) is 0 Å². The van der Waals surface area contributed by atoms with Gasteiger partial charge in [-0.05, 0) is 12.1 Å². The van der Waals surface area contributed by atoms with Crippen LogP contribution in [0.5, 0.6) is 0 Å². The van der Waals surface area contributed by atoms with Gasteiger partial charge in [-0.2, -0.15) is 8.50 Å². The van der Waals surface area contributed by atoms with Crippen LogP contribution in [0.2, 0.25) is 0 Å². The molecule has 11 heteroatoms. The maximum Gasteiger partial charge on any atom is 0.475 e. The van der Waals surface area contributed by atoms with E-state index in [9.17, 15) is 26.9 Å². The van der Waals surface area contributed by atoms with Crippen molar-refractivity contribution in [2.75, 3.05) is 0 Å². The van der Waals surface area contributed by atoms with Crippen LogP contribution in [0.1, 0.15) is 0 Å². The third-order valence-electron chi connectivity index (χ3n) is 1.94. The summed E-state index contributed by atoms with van der Waals surface area (Å²) in [5.74, 6) is 0. The van der Waals surface area contributed by atoms with Crippen LogP contribution in [-0.2, 0) is 20.0 Å². The summed E-state index contributed by atoms with van der Waals surface area (Å²) in [7, 11) is -8.97. The molecule has 0 aromatic heterocycles. The minimum atomic E-state index is -4.57. The number of hydrogen-bond acceptors (Lipinski definition) is 6. The molecule has 0 amide bonds. The standard InChI is InChI=1S/C8H3N3O6S2/c1-9-18(14,15)6-3-4-8(19(16,17)10-2)7(5-6)11(12)13/h3-5H. The first-order chi connectivity index (χ1) is 8.65. The highest BCUT2D eigenvalue weighted by atomic mass is 32.2. The molecule has 0 atom stereocenters. The molecule has 1 rings (SSSR count). The van der Waals surface area contributed by atoms with Crippen LogP contribution in [0.4, 0.5) is 5.69 Å². The first kappa shape index (κ1) is 14.6. The molecular formula is C8H3N3O6S2. The summed E-state index contributed by atoms with van der Waals surface area (Å²) in [5.41, 5.74) is -1.07. The summed E-state index contributed by atoms with van der Waals surface area (Å²) in [6, 6.07) is 1.77. The van der Waals surface area contributed by atoms with Gasteiger partial charge in [0.2, 0.25) is 4.90 Å². The number of sulfonamides is 2. The predicted octanol–water partition coefficient (Wildman–Crippen LogP) is 0.811. The van der Waals surface area contributed by atoms with E-state index in [4.69, 9.17) is 13.1 Å². The Kier molecular flexibility index (Phi) is 3.56. The third-order valence-corrected chi connectivity index (χ3v) is 4.17. The maximum absolute atomic E-state index is 11.3. The van der Waals surface area contributed by atoms with E-state index >= 15 is 0 Å². The van der Waals surface area contributed by atoms with Crippen molar-refractivity contribution in [1.29, 1.82) is 0 Å². The van der Waals surface area contributed by atoms with Crippen molar-refractivity contribution < 1.29 is 21.8 Å². The molecule has 0 aliphatic heterocycles. The third kappa shape index (κ3) is 2.67. The second-order valence-corrected chi connectivity index (χ2v) is 6.20. The number of benzene rings is 1. The lowest BCUT2D eigenvalue weighted by Crippen LogP contribution is -2.03. The van der Waals surface area contributed by atoms with Gasteiger partial charge in [0.25, 0.3) is 5.69 Å². The molecule has 1 aromatic carbocycles. The zero-order valence-electron chi connectivity index (χ0n) is 8.84. The molecule has 9 nitrogen and oxygen atoms in total. The molecule has 0 bridgehead atoms. The number of nitro groups is 1. The summed E-state index contributed by atoms with van der Waals surface area (Å²) >= 11 is 0. The zero-order valence-corrected chi connectivity index (χ0v) is 10.5. The minimum absolute atomic E-state index is 0.436. The van der Waals surface area contributed by atoms with E-state index in [-0.39, 0.29) is 0 Å². The Balaban J connectivity index is 3.74. The largest absolute Gasteiger partial charge is 0.475 e. The highest BCUT2D eigenvalue weighted by molar-refractivity contribution is 7.94. The predicted molar refractivity (Wildman–Crippen MR) is 60.7 cm³/mol. The molecule has 0 saturated heterocycles. The van der Waals surface area contributed by atoms with E-state index in [1.807, 2.05) is 0 Å². The Hall–Kier alpha value is -2.50. The lowest BCUT2D eigenvalue weighted by molar-refractivity contribution is -0.388. The van der Waals surface area contributed by atoms with E-state index in [0.29, 0.717) is 12.1 Å². The molecule has 1 aromatic rings. The van der Waals surface area contributed by atoms with Crippen molar-refractivity contribution in [2.24, 2.45) is 0 Å². The van der Waals surface area contributed by atoms with Crippen LogP contribution in [0, 0.1) is 23.3 Å². The lowest BCUT2D eigenvalue weighted by atomic mass is 10.3. The smallest absolute Gasteiger partial charge is 0.258 e. The van der Waals surface area contributed by atoms with Crippen LogP contribution in [0.3, 0.4) is 0 Å². The highest BCUT2D eigenvalue weighted by Gasteiger charge is 2.33. The molecule has 19 heavy (non-hydrogen) atoms. The minimum Gasteiger partial charge on any atom is -0.258 e. The molecule has 0 N–H and O–H groups in total. The quantitative estimate of drug-likeness (QED) is 0.463. The van der Waals surface area contributed by atoms with Gasteiger partial charge in [0.15, 0.2) is 4.90 Å². The van der Waals surface area contributed by atoms with Gasteiger partial charge in [-0.15, -0.1) is 16.8 Å². The topological polar surface area (TPSA) is 120 Å². The van der Waals surface area contributed by atoms with Crippen molar-refractivity contribution >= 4 is 25.7 Å². The van der Waals surface area contributed by atoms with Gasteiger partial charge in [-0.1, -0.05) is 0 Å². The maximum atomic E-state index is 11.3. The van der Waals surface area contributed by atoms with Crippen molar-refractivity contribution in [3.8, 4) is 0 Å². The van der Waals surface area contributed by atoms with Crippen molar-refractivity contribution in [3.05, 3.63) is 50.0 Å². The van der Waals surface area contributed by atoms with E-state index in [2.05, 4.69) is 8.50 Å². The van der Waals surface area contributed by atoms with Gasteiger partial charge >= 0.3 is 20.0 Å². The fraction of sp³-hybridized carbons (Fsp3) is 0. The lowest BCUT2D eigenvalue weighted by Gasteiger charge is -1.97. The van der Waals surface area contributed by atoms with Crippen molar-refractivity contribution in [3.63, 3.8) is 0 Å². The van der Waals surface area contributed by atoms with E-state index in [1.54, 1.807) is 0 Å². The molecule has 0 fully saturated rings. The molecule has 0 unspecified atom stereocenters. The Morgan fingerprint density at radius 3 is 2.00 bits per heavy atom. The Morgan fingerprint density at radius 2 is 1.58 bits per heavy atom. The molecule has 0 aliphatic rings. The SMILES string of the molecule is [C-]#[N+]S(=O)(=O)c1ccc(S(=O)(=O)[N+]#[C-])c([N+](=O)[O-])c1. The Morgan fingerprint density at radius 1 is 1.05 bits per heavy atom. The number of nitrogens with zero attached hydrogens (tertiary/aromatic N) is 3. The Bertz CT molecular complexity index is 841. The fourth-order valence-corrected chi connectivity index (χ4v) is 2.46. The molecule has 0 saturated carbocycles. The fourth-order valence-electron chi connectivity index (χ4n) is 1.12. The zero-order chi connectivity index (χ0) is 14.8. The average Bonchev–Trinajstić information content (AvgIpc) is 2.37. The monoisotopic (exact) mass is 301 g/mol. The first-order valence-corrected chi connectivity index (χ1v) is 7.09. The van der Waals surface area contributed by atoms with Crippen LogP contribution < -0.4 is 0 Å². The summed E-state index contributed by atoms with van der Waals surface area (Å²) in [5, 5.41) is 10.7. The van der Waals surface area contributed by atoms with Gasteiger partial charge in [-0.25, -0.2) is 13.1 Å². The summed E-state index contributed by atoms with van der Waals surface area (Å²) in [6.45, 7) is 12.9. The van der Waals surface area contributed by atoms with Gasteiger partial charge in [0, 0.05) is 6.07 Å². The first-order valence-electron chi connectivity index (χ1n) is 4.21. The summed E-state index contributed by atoms with van der Waals surface area (Å²) in [6.07, 6.45) is 0. The molecule has 98 valence electrons. The molecular weight excluding hydrogens is 298 g/mol. The van der Waals surface area contributed by atoms with Gasteiger partial charge < -0.3 is 0 Å². The normalized spacial score (nSPS) is 11.3. The van der Waals surface area contributed by atoms with E-state index in [0.717, 1.165) is 6.07 Å². The number of hydrogen-bond donors (Lipinski definition) is 0. The second-order valence-electron chi connectivity index (χ2n) is 3.02. The van der Waals surface area contributed by atoms with Crippen LogP contribution in [0.25, 0.3) is 8.50 Å². The van der Waals surface area contributed by atoms with Crippen LogP contribution >= 0.6 is 0 Å². The van der Waals surface area contributed by atoms with E-state index < -0.39 is 40.4 Å². The summed E-state index contributed by atoms with van der Waals surface area (Å²) < 4.78 is 49.6. The van der Waals surface area contributed by atoms with Crippen LogP contribution in [0.15, 0.2) is 28.0 Å². The summed E-state index contributed by atoms with van der Waals surface area (Å²) in [4.78, 5) is 7.95. The molecule has 0 heterocycles. The van der Waals surface area contributed by atoms with E-state index in [1.165, 1.54) is 0 Å². The second kappa shape index (κ2) is 4.64. The number of rotatable bonds is 3. The average molecular weight is 301 g/mol. The van der Waals surface area contributed by atoms with Gasteiger partial charge in [-0.3, -0.25) is 10.1 Å². The Labute approximate surface area is 108 Å².